The van der Waals surface area contributed by atoms with E-state index in [1.807, 2.05) is 20.8 Å². The van der Waals surface area contributed by atoms with E-state index in [4.69, 9.17) is 23.2 Å². The SMILES string of the molecule is CC(C)(C)CC(O)CNS(=O)(=O)c1cccc(Cl)c1Cl. The van der Waals surface area contributed by atoms with Gasteiger partial charge in [0.2, 0.25) is 10.0 Å². The van der Waals surface area contributed by atoms with E-state index in [1.165, 1.54) is 18.2 Å². The van der Waals surface area contributed by atoms with Crippen molar-refractivity contribution in [3.8, 4) is 0 Å². The summed E-state index contributed by atoms with van der Waals surface area (Å²) >= 11 is 11.7. The number of hydrogen-bond acceptors (Lipinski definition) is 3. The largest absolute Gasteiger partial charge is 0.392 e. The molecule has 1 aromatic carbocycles. The van der Waals surface area contributed by atoms with Gasteiger partial charge in [-0.05, 0) is 24.0 Å². The van der Waals surface area contributed by atoms with Crippen LogP contribution in [0, 0.1) is 5.41 Å². The Morgan fingerprint density at radius 3 is 2.45 bits per heavy atom. The van der Waals surface area contributed by atoms with E-state index in [0.29, 0.717) is 6.42 Å². The lowest BCUT2D eigenvalue weighted by molar-refractivity contribution is 0.125. The molecule has 1 aromatic rings. The lowest BCUT2D eigenvalue weighted by Crippen LogP contribution is -2.34. The van der Waals surface area contributed by atoms with Crippen molar-refractivity contribution < 1.29 is 13.5 Å². The fourth-order valence-corrected chi connectivity index (χ4v) is 3.59. The monoisotopic (exact) mass is 339 g/mol. The molecule has 0 radical (unpaired) electrons. The molecule has 0 saturated heterocycles. The Balaban J connectivity index is 2.79. The van der Waals surface area contributed by atoms with Crippen LogP contribution in [0.15, 0.2) is 23.1 Å². The molecule has 114 valence electrons. The minimum Gasteiger partial charge on any atom is -0.392 e. The molecule has 1 atom stereocenters. The van der Waals surface area contributed by atoms with Crippen LogP contribution in [0.1, 0.15) is 27.2 Å². The van der Waals surface area contributed by atoms with Gasteiger partial charge in [0.25, 0.3) is 0 Å². The first-order chi connectivity index (χ1) is 9.03. The van der Waals surface area contributed by atoms with Crippen molar-refractivity contribution in [1.82, 2.24) is 4.72 Å². The number of hydrogen-bond donors (Lipinski definition) is 2. The second-order valence-electron chi connectivity index (χ2n) is 5.82. The van der Waals surface area contributed by atoms with Crippen molar-refractivity contribution in [1.29, 1.82) is 0 Å². The first-order valence-corrected chi connectivity index (χ1v) is 8.38. The predicted molar refractivity (Wildman–Crippen MR) is 81.7 cm³/mol. The molecule has 0 aliphatic carbocycles. The molecule has 0 fully saturated rings. The first-order valence-electron chi connectivity index (χ1n) is 6.15. The summed E-state index contributed by atoms with van der Waals surface area (Å²) in [6.07, 6.45) is -0.276. The zero-order chi connectivity index (χ0) is 15.6. The highest BCUT2D eigenvalue weighted by Crippen LogP contribution is 2.28. The van der Waals surface area contributed by atoms with Crippen LogP contribution in [0.4, 0.5) is 0 Å². The lowest BCUT2D eigenvalue weighted by atomic mass is 9.89. The molecular weight excluding hydrogens is 321 g/mol. The molecule has 0 bridgehead atoms. The number of halogens is 2. The molecule has 1 unspecified atom stereocenters. The van der Waals surface area contributed by atoms with Crippen molar-refractivity contribution >= 4 is 33.2 Å². The standard InChI is InChI=1S/C13H19Cl2NO3S/c1-13(2,3)7-9(17)8-16-20(18,19)11-6-4-5-10(14)12(11)15/h4-6,9,16-17H,7-8H2,1-3H3. The average molecular weight is 340 g/mol. The van der Waals surface area contributed by atoms with Gasteiger partial charge in [0.15, 0.2) is 0 Å². The van der Waals surface area contributed by atoms with Crippen LogP contribution in [-0.4, -0.2) is 26.2 Å². The summed E-state index contributed by atoms with van der Waals surface area (Å²) < 4.78 is 26.6. The average Bonchev–Trinajstić information content (AvgIpc) is 2.28. The van der Waals surface area contributed by atoms with Gasteiger partial charge >= 0.3 is 0 Å². The van der Waals surface area contributed by atoms with Crippen molar-refractivity contribution in [2.45, 2.75) is 38.2 Å². The molecule has 0 amide bonds. The molecule has 20 heavy (non-hydrogen) atoms. The quantitative estimate of drug-likeness (QED) is 0.866. The Kier molecular flexibility index (Phi) is 5.87. The molecule has 0 heterocycles. The van der Waals surface area contributed by atoms with E-state index >= 15 is 0 Å². The van der Waals surface area contributed by atoms with Crippen molar-refractivity contribution in [3.63, 3.8) is 0 Å². The molecular formula is C13H19Cl2NO3S. The van der Waals surface area contributed by atoms with Gasteiger partial charge in [0, 0.05) is 6.54 Å². The van der Waals surface area contributed by atoms with Gasteiger partial charge in [-0.2, -0.15) is 0 Å². The van der Waals surface area contributed by atoms with Gasteiger partial charge in [0.05, 0.1) is 16.1 Å². The third-order valence-corrected chi connectivity index (χ3v) is 4.96. The van der Waals surface area contributed by atoms with Crippen LogP contribution < -0.4 is 4.72 Å². The van der Waals surface area contributed by atoms with Crippen molar-refractivity contribution in [2.75, 3.05) is 6.54 Å². The Hall–Kier alpha value is -0.330. The third kappa shape index (κ3) is 5.22. The second kappa shape index (κ2) is 6.62. The fraction of sp³-hybridized carbons (Fsp3) is 0.538. The third-order valence-electron chi connectivity index (χ3n) is 2.56. The van der Waals surface area contributed by atoms with Gasteiger partial charge in [-0.15, -0.1) is 0 Å². The zero-order valence-corrected chi connectivity index (χ0v) is 14.0. The summed E-state index contributed by atoms with van der Waals surface area (Å²) in [5.41, 5.74) is -0.0848. The molecule has 0 spiro atoms. The van der Waals surface area contributed by atoms with E-state index in [2.05, 4.69) is 4.72 Å². The number of aliphatic hydroxyl groups excluding tert-OH is 1. The van der Waals surface area contributed by atoms with Crippen LogP contribution in [0.5, 0.6) is 0 Å². The molecule has 2 N–H and O–H groups in total. The van der Waals surface area contributed by atoms with Crippen LogP contribution in [0.2, 0.25) is 10.0 Å². The second-order valence-corrected chi connectivity index (χ2v) is 8.34. The highest BCUT2D eigenvalue weighted by molar-refractivity contribution is 7.89. The minimum absolute atomic E-state index is 0.0213. The number of aliphatic hydroxyl groups is 1. The number of sulfonamides is 1. The number of benzene rings is 1. The molecule has 4 nitrogen and oxygen atoms in total. The van der Waals surface area contributed by atoms with Gasteiger partial charge in [-0.3, -0.25) is 0 Å². The fourth-order valence-electron chi connectivity index (χ4n) is 1.75. The van der Waals surface area contributed by atoms with E-state index in [1.54, 1.807) is 0 Å². The first kappa shape index (κ1) is 17.7. The Bertz CT molecular complexity index is 567. The van der Waals surface area contributed by atoms with Gasteiger partial charge < -0.3 is 5.11 Å². The smallest absolute Gasteiger partial charge is 0.242 e. The maximum atomic E-state index is 12.1. The van der Waals surface area contributed by atoms with E-state index in [0.717, 1.165) is 0 Å². The van der Waals surface area contributed by atoms with E-state index < -0.39 is 16.1 Å². The van der Waals surface area contributed by atoms with Crippen molar-refractivity contribution in [2.24, 2.45) is 5.41 Å². The summed E-state index contributed by atoms with van der Waals surface area (Å²) in [5, 5.41) is 9.98. The summed E-state index contributed by atoms with van der Waals surface area (Å²) in [6, 6.07) is 4.39. The lowest BCUT2D eigenvalue weighted by Gasteiger charge is -2.22. The number of nitrogens with one attached hydrogen (secondary N) is 1. The normalized spacial score (nSPS) is 14.3. The highest BCUT2D eigenvalue weighted by atomic mass is 35.5. The van der Waals surface area contributed by atoms with E-state index in [-0.39, 0.29) is 26.9 Å². The Morgan fingerprint density at radius 1 is 1.30 bits per heavy atom. The summed E-state index contributed by atoms with van der Waals surface area (Å²) in [6.45, 7) is 5.85. The Labute approximate surface area is 130 Å². The van der Waals surface area contributed by atoms with E-state index in [9.17, 15) is 13.5 Å². The maximum absolute atomic E-state index is 12.1. The van der Waals surface area contributed by atoms with Crippen LogP contribution in [-0.2, 0) is 10.0 Å². The molecule has 1 rings (SSSR count). The maximum Gasteiger partial charge on any atom is 0.242 e. The summed E-state index contributed by atoms with van der Waals surface area (Å²) in [4.78, 5) is -0.0883. The van der Waals surface area contributed by atoms with Crippen LogP contribution >= 0.6 is 23.2 Å². The molecule has 0 saturated carbocycles. The molecule has 0 aliphatic heterocycles. The molecule has 7 heteroatoms. The van der Waals surface area contributed by atoms with Crippen LogP contribution in [0.25, 0.3) is 0 Å². The molecule has 0 aromatic heterocycles. The van der Waals surface area contributed by atoms with Gasteiger partial charge in [-0.1, -0.05) is 50.0 Å². The highest BCUT2D eigenvalue weighted by Gasteiger charge is 2.22. The summed E-state index contributed by atoms with van der Waals surface area (Å²) in [7, 11) is -3.79. The summed E-state index contributed by atoms with van der Waals surface area (Å²) in [5.74, 6) is 0. The minimum atomic E-state index is -3.79. The predicted octanol–water partition coefficient (Wildman–Crippen LogP) is 3.07. The zero-order valence-electron chi connectivity index (χ0n) is 11.7. The van der Waals surface area contributed by atoms with Crippen LogP contribution in [0.3, 0.4) is 0 Å². The Morgan fingerprint density at radius 2 is 1.90 bits per heavy atom. The van der Waals surface area contributed by atoms with Gasteiger partial charge in [0.1, 0.15) is 4.90 Å². The number of rotatable bonds is 5. The topological polar surface area (TPSA) is 66.4 Å². The van der Waals surface area contributed by atoms with Crippen molar-refractivity contribution in [3.05, 3.63) is 28.2 Å². The molecule has 0 aliphatic rings. The van der Waals surface area contributed by atoms with Gasteiger partial charge in [-0.25, -0.2) is 13.1 Å².